The van der Waals surface area contributed by atoms with E-state index < -0.39 is 38.2 Å². The maximum atomic E-state index is 14.5. The first-order valence-electron chi connectivity index (χ1n) is 11.8. The van der Waals surface area contributed by atoms with Crippen molar-refractivity contribution < 1.29 is 31.9 Å². The molecule has 3 N–H and O–H groups in total. The SMILES string of the molecule is CC(C)(C)C(=O)Nc1cc(Cl)cnc1COC(=O)N1CC2=C(C1)CN(C(=O)c1ccc(S(N)(=O)=O)cc1F)C2. The van der Waals surface area contributed by atoms with Crippen molar-refractivity contribution in [2.24, 2.45) is 10.6 Å². The van der Waals surface area contributed by atoms with Crippen LogP contribution in [0.1, 0.15) is 36.8 Å². The van der Waals surface area contributed by atoms with E-state index in [1.165, 1.54) is 22.1 Å². The molecular weight excluding hydrogens is 553 g/mol. The van der Waals surface area contributed by atoms with Crippen LogP contribution in [0, 0.1) is 11.2 Å². The van der Waals surface area contributed by atoms with Gasteiger partial charge in [-0.1, -0.05) is 32.4 Å². The number of aromatic nitrogens is 1. The first kappa shape index (κ1) is 28.5. The zero-order valence-electron chi connectivity index (χ0n) is 21.5. The molecule has 0 spiro atoms. The molecule has 0 aliphatic carbocycles. The van der Waals surface area contributed by atoms with Crippen molar-refractivity contribution in [1.82, 2.24) is 14.8 Å². The zero-order valence-corrected chi connectivity index (χ0v) is 23.0. The third-order valence-corrected chi connectivity index (χ3v) is 7.39. The molecule has 2 aliphatic heterocycles. The number of hydrogen-bond donors (Lipinski definition) is 2. The molecule has 0 radical (unpaired) electrons. The molecule has 208 valence electrons. The molecule has 0 saturated heterocycles. The Kier molecular flexibility index (Phi) is 7.70. The van der Waals surface area contributed by atoms with Gasteiger partial charge in [0.2, 0.25) is 15.9 Å². The summed E-state index contributed by atoms with van der Waals surface area (Å²) in [6, 6.07) is 4.42. The number of rotatable bonds is 5. The number of halogens is 2. The summed E-state index contributed by atoms with van der Waals surface area (Å²) in [5.74, 6) is -1.84. The minimum absolute atomic E-state index is 0.191. The van der Waals surface area contributed by atoms with Gasteiger partial charge in [0.05, 0.1) is 21.2 Å². The number of hydrogen-bond acceptors (Lipinski definition) is 7. The number of nitrogens with one attached hydrogen (secondary N) is 1. The number of carbonyl (C=O) groups is 3. The van der Waals surface area contributed by atoms with E-state index in [9.17, 15) is 27.2 Å². The molecule has 0 bridgehead atoms. The monoisotopic (exact) mass is 579 g/mol. The minimum atomic E-state index is -4.10. The Labute approximate surface area is 229 Å². The molecular formula is C25H27ClFN5O6S. The Morgan fingerprint density at radius 3 is 2.28 bits per heavy atom. The fraction of sp³-hybridized carbons (Fsp3) is 0.360. The molecule has 3 amide bonds. The summed E-state index contributed by atoms with van der Waals surface area (Å²) in [7, 11) is -4.10. The number of nitrogens with zero attached hydrogens (tertiary/aromatic N) is 3. The van der Waals surface area contributed by atoms with Crippen LogP contribution in [-0.2, 0) is 26.2 Å². The van der Waals surface area contributed by atoms with Crippen molar-refractivity contribution in [3.8, 4) is 0 Å². The Bertz CT molecular complexity index is 1490. The van der Waals surface area contributed by atoms with Crippen LogP contribution in [0.4, 0.5) is 14.9 Å². The minimum Gasteiger partial charge on any atom is -0.443 e. The quantitative estimate of drug-likeness (QED) is 0.517. The van der Waals surface area contributed by atoms with Gasteiger partial charge in [-0.15, -0.1) is 0 Å². The van der Waals surface area contributed by atoms with Gasteiger partial charge in [0, 0.05) is 37.8 Å². The number of anilines is 1. The number of sulfonamides is 1. The fourth-order valence-corrected chi connectivity index (χ4v) is 4.78. The van der Waals surface area contributed by atoms with Gasteiger partial charge in [0.1, 0.15) is 18.1 Å². The molecule has 0 saturated carbocycles. The van der Waals surface area contributed by atoms with E-state index in [2.05, 4.69) is 10.3 Å². The van der Waals surface area contributed by atoms with Crippen molar-refractivity contribution in [3.63, 3.8) is 0 Å². The fourth-order valence-electron chi connectivity index (χ4n) is 4.09. The predicted molar refractivity (Wildman–Crippen MR) is 140 cm³/mol. The molecule has 3 heterocycles. The summed E-state index contributed by atoms with van der Waals surface area (Å²) in [6.07, 6.45) is 0.789. The van der Waals surface area contributed by atoms with Crippen LogP contribution in [0.3, 0.4) is 0 Å². The summed E-state index contributed by atoms with van der Waals surface area (Å²) in [5, 5.41) is 8.09. The molecule has 11 nitrogen and oxygen atoms in total. The van der Waals surface area contributed by atoms with Gasteiger partial charge in [-0.25, -0.2) is 22.7 Å². The lowest BCUT2D eigenvalue weighted by Gasteiger charge is -2.23. The second kappa shape index (κ2) is 10.5. The maximum Gasteiger partial charge on any atom is 0.410 e. The van der Waals surface area contributed by atoms with Crippen LogP contribution in [0.2, 0.25) is 5.02 Å². The van der Waals surface area contributed by atoms with Gasteiger partial charge in [0.25, 0.3) is 5.91 Å². The van der Waals surface area contributed by atoms with E-state index in [1.54, 1.807) is 20.8 Å². The predicted octanol–water partition coefficient (Wildman–Crippen LogP) is 2.91. The van der Waals surface area contributed by atoms with Crippen LogP contribution in [0.25, 0.3) is 0 Å². The second-order valence-electron chi connectivity index (χ2n) is 10.3. The molecule has 0 fully saturated rings. The molecule has 14 heteroatoms. The number of carbonyl (C=O) groups excluding carboxylic acids is 3. The highest BCUT2D eigenvalue weighted by atomic mass is 35.5. The highest BCUT2D eigenvalue weighted by Crippen LogP contribution is 2.29. The summed E-state index contributed by atoms with van der Waals surface area (Å²) in [6.45, 7) is 5.92. The number of benzene rings is 1. The van der Waals surface area contributed by atoms with E-state index in [1.807, 2.05) is 0 Å². The number of primary sulfonamides is 1. The smallest absolute Gasteiger partial charge is 0.410 e. The summed E-state index contributed by atoms with van der Waals surface area (Å²) in [5.41, 5.74) is 1.42. The molecule has 2 aromatic rings. The first-order chi connectivity index (χ1) is 18.1. The number of amides is 3. The summed E-state index contributed by atoms with van der Waals surface area (Å²) < 4.78 is 42.7. The molecule has 2 aliphatic rings. The largest absolute Gasteiger partial charge is 0.443 e. The lowest BCUT2D eigenvalue weighted by Crippen LogP contribution is -2.37. The van der Waals surface area contributed by atoms with Crippen molar-refractivity contribution in [1.29, 1.82) is 0 Å². The van der Waals surface area contributed by atoms with Crippen molar-refractivity contribution in [2.45, 2.75) is 32.3 Å². The molecule has 1 aromatic heterocycles. The highest BCUT2D eigenvalue weighted by molar-refractivity contribution is 7.89. The van der Waals surface area contributed by atoms with Crippen LogP contribution in [-0.4, -0.2) is 67.3 Å². The summed E-state index contributed by atoms with van der Waals surface area (Å²) in [4.78, 5) is 44.7. The van der Waals surface area contributed by atoms with Gasteiger partial charge in [0.15, 0.2) is 0 Å². The number of nitrogens with two attached hydrogens (primary N) is 1. The first-order valence-corrected chi connectivity index (χ1v) is 13.7. The van der Waals surface area contributed by atoms with E-state index in [4.69, 9.17) is 21.5 Å². The number of ether oxygens (including phenoxy) is 1. The Morgan fingerprint density at radius 1 is 1.10 bits per heavy atom. The Morgan fingerprint density at radius 2 is 1.72 bits per heavy atom. The van der Waals surface area contributed by atoms with Crippen LogP contribution in [0.5, 0.6) is 0 Å². The maximum absolute atomic E-state index is 14.5. The zero-order chi connectivity index (χ0) is 28.7. The normalized spacial score (nSPS) is 15.4. The lowest BCUT2D eigenvalue weighted by atomic mass is 9.95. The van der Waals surface area contributed by atoms with Crippen molar-refractivity contribution in [3.05, 3.63) is 63.7 Å². The van der Waals surface area contributed by atoms with Gasteiger partial charge in [-0.2, -0.15) is 0 Å². The molecule has 39 heavy (non-hydrogen) atoms. The van der Waals surface area contributed by atoms with E-state index in [0.29, 0.717) is 22.5 Å². The van der Waals surface area contributed by atoms with Crippen molar-refractivity contribution >= 4 is 45.2 Å². The third kappa shape index (κ3) is 6.37. The molecule has 1 aromatic carbocycles. The molecule has 4 rings (SSSR count). The Hall–Kier alpha value is -3.55. The van der Waals surface area contributed by atoms with Gasteiger partial charge < -0.3 is 19.9 Å². The van der Waals surface area contributed by atoms with Gasteiger partial charge in [-0.3, -0.25) is 14.6 Å². The van der Waals surface area contributed by atoms with Gasteiger partial charge >= 0.3 is 6.09 Å². The summed E-state index contributed by atoms with van der Waals surface area (Å²) >= 11 is 6.03. The lowest BCUT2D eigenvalue weighted by molar-refractivity contribution is -0.123. The van der Waals surface area contributed by atoms with E-state index in [-0.39, 0.29) is 44.3 Å². The van der Waals surface area contributed by atoms with Crippen molar-refractivity contribution in [2.75, 3.05) is 31.5 Å². The average molecular weight is 580 g/mol. The van der Waals surface area contributed by atoms with Gasteiger partial charge in [-0.05, 0) is 35.4 Å². The standard InChI is InChI=1S/C25H27ClFN5O6S/c1-25(2,3)23(34)30-20-6-16(26)8-29-21(20)13-38-24(35)32-11-14-9-31(10-15(14)12-32)22(33)18-5-4-17(7-19(18)27)39(28,36)37/h4-8H,9-13H2,1-3H3,(H,30,34)(H2,28,36,37). The van der Waals surface area contributed by atoms with E-state index in [0.717, 1.165) is 23.3 Å². The number of pyridine rings is 1. The third-order valence-electron chi connectivity index (χ3n) is 6.27. The molecule has 0 unspecified atom stereocenters. The van der Waals surface area contributed by atoms with Crippen LogP contribution in [0.15, 0.2) is 46.5 Å². The highest BCUT2D eigenvalue weighted by Gasteiger charge is 2.36. The van der Waals surface area contributed by atoms with E-state index >= 15 is 0 Å². The van der Waals surface area contributed by atoms with Crippen LogP contribution < -0.4 is 10.5 Å². The molecule has 0 atom stereocenters. The topological polar surface area (TPSA) is 152 Å². The second-order valence-corrected chi connectivity index (χ2v) is 12.3. The Balaban J connectivity index is 1.34. The van der Waals surface area contributed by atoms with Crippen LogP contribution >= 0.6 is 11.6 Å². The average Bonchev–Trinajstić information content (AvgIpc) is 3.41.